The van der Waals surface area contributed by atoms with Crippen LogP contribution in [0.2, 0.25) is 0 Å². The van der Waals surface area contributed by atoms with Crippen molar-refractivity contribution in [2.45, 2.75) is 6.42 Å². The second-order valence-corrected chi connectivity index (χ2v) is 4.55. The minimum atomic E-state index is -0.586. The third kappa shape index (κ3) is 3.26. The number of carbonyl (C=O) groups is 2. The number of nitrogens with two attached hydrogens (primary N) is 1. The van der Waals surface area contributed by atoms with Crippen molar-refractivity contribution < 1.29 is 9.59 Å². The fourth-order valence-corrected chi connectivity index (χ4v) is 2.18. The van der Waals surface area contributed by atoms with Gasteiger partial charge in [0.25, 0.3) is 0 Å². The third-order valence-electron chi connectivity index (χ3n) is 3.16. The Kier molecular flexibility index (Phi) is 4.20. The lowest BCUT2D eigenvalue weighted by Crippen LogP contribution is -2.34. The van der Waals surface area contributed by atoms with Gasteiger partial charge in [0.1, 0.15) is 0 Å². The van der Waals surface area contributed by atoms with Crippen LogP contribution in [-0.2, 0) is 4.79 Å². The van der Waals surface area contributed by atoms with Crippen LogP contribution in [0.1, 0.15) is 12.0 Å². The summed E-state index contributed by atoms with van der Waals surface area (Å²) >= 11 is 0. The summed E-state index contributed by atoms with van der Waals surface area (Å²) in [7, 11) is 0. The van der Waals surface area contributed by atoms with Gasteiger partial charge in [-0.1, -0.05) is 24.8 Å². The van der Waals surface area contributed by atoms with Crippen molar-refractivity contribution in [2.24, 2.45) is 5.73 Å². The minimum absolute atomic E-state index is 0.0531. The zero-order valence-electron chi connectivity index (χ0n) is 11.1. The molecule has 0 spiro atoms. The Hall–Kier alpha value is -2.56. The highest BCUT2D eigenvalue weighted by Gasteiger charge is 2.16. The van der Waals surface area contributed by atoms with Crippen molar-refractivity contribution in [2.75, 3.05) is 18.4 Å². The number of carbonyl (C=O) groups excluding carboxylic acids is 2. The minimum Gasteiger partial charge on any atom is -0.351 e. The van der Waals surface area contributed by atoms with Gasteiger partial charge in [-0.05, 0) is 35.8 Å². The van der Waals surface area contributed by atoms with Crippen LogP contribution >= 0.6 is 0 Å². The normalized spacial score (nSPS) is 14.4. The predicted octanol–water partition coefficient (Wildman–Crippen LogP) is 1.98. The molecular weight excluding hydrogens is 254 g/mol. The maximum absolute atomic E-state index is 11.6. The van der Waals surface area contributed by atoms with Crippen molar-refractivity contribution in [3.05, 3.63) is 48.6 Å². The zero-order chi connectivity index (χ0) is 14.5. The van der Waals surface area contributed by atoms with Gasteiger partial charge in [0.2, 0.25) is 5.91 Å². The molecule has 0 fully saturated rings. The van der Waals surface area contributed by atoms with Crippen molar-refractivity contribution in [3.63, 3.8) is 0 Å². The fraction of sp³-hybridized carbons (Fsp3) is 0.200. The van der Waals surface area contributed by atoms with E-state index in [0.717, 1.165) is 24.1 Å². The molecule has 0 atom stereocenters. The molecule has 0 bridgehead atoms. The lowest BCUT2D eigenvalue weighted by atomic mass is 10.0. The summed E-state index contributed by atoms with van der Waals surface area (Å²) in [6.07, 6.45) is 4.29. The van der Waals surface area contributed by atoms with Crippen LogP contribution in [0.4, 0.5) is 10.5 Å². The topological polar surface area (TPSA) is 75.4 Å². The maximum Gasteiger partial charge on any atom is 0.316 e. The van der Waals surface area contributed by atoms with Crippen molar-refractivity contribution in [1.29, 1.82) is 0 Å². The van der Waals surface area contributed by atoms with Crippen molar-refractivity contribution >= 4 is 23.2 Å². The molecule has 2 rings (SSSR count). The number of hydrogen-bond acceptors (Lipinski definition) is 2. The first-order valence-corrected chi connectivity index (χ1v) is 6.37. The van der Waals surface area contributed by atoms with E-state index in [2.05, 4.69) is 18.0 Å². The summed E-state index contributed by atoms with van der Waals surface area (Å²) in [6.45, 7) is 4.80. The Balaban J connectivity index is 2.11. The molecule has 0 aromatic heterocycles. The summed E-state index contributed by atoms with van der Waals surface area (Å²) < 4.78 is 0. The maximum atomic E-state index is 11.6. The first kappa shape index (κ1) is 13.9. The molecule has 5 nitrogen and oxygen atoms in total. The van der Waals surface area contributed by atoms with Gasteiger partial charge in [0, 0.05) is 18.8 Å². The highest BCUT2D eigenvalue weighted by Crippen LogP contribution is 2.22. The van der Waals surface area contributed by atoms with E-state index < -0.39 is 6.03 Å². The van der Waals surface area contributed by atoms with Gasteiger partial charge >= 0.3 is 6.03 Å². The largest absolute Gasteiger partial charge is 0.351 e. The number of nitrogens with zero attached hydrogens (tertiary/aromatic N) is 1. The molecule has 0 unspecified atom stereocenters. The highest BCUT2D eigenvalue weighted by atomic mass is 16.2. The monoisotopic (exact) mass is 271 g/mol. The number of nitrogens with one attached hydrogen (secondary N) is 1. The van der Waals surface area contributed by atoms with Crippen LogP contribution in [0.3, 0.4) is 0 Å². The molecule has 5 heteroatoms. The van der Waals surface area contributed by atoms with Gasteiger partial charge in [-0.25, -0.2) is 4.79 Å². The average molecular weight is 271 g/mol. The van der Waals surface area contributed by atoms with Gasteiger partial charge < -0.3 is 16.0 Å². The molecule has 1 aromatic carbocycles. The average Bonchev–Trinajstić information content (AvgIpc) is 2.47. The Morgan fingerprint density at radius 1 is 1.30 bits per heavy atom. The first-order valence-electron chi connectivity index (χ1n) is 6.37. The lowest BCUT2D eigenvalue weighted by molar-refractivity contribution is -0.125. The van der Waals surface area contributed by atoms with E-state index >= 15 is 0 Å². The van der Waals surface area contributed by atoms with Gasteiger partial charge in [-0.2, -0.15) is 0 Å². The number of anilines is 1. The molecule has 1 aromatic rings. The smallest absolute Gasteiger partial charge is 0.316 e. The number of primary amides is 1. The summed E-state index contributed by atoms with van der Waals surface area (Å²) in [4.78, 5) is 24.2. The Morgan fingerprint density at radius 3 is 2.60 bits per heavy atom. The molecule has 0 radical (unpaired) electrons. The van der Waals surface area contributed by atoms with Crippen LogP contribution in [0, 0.1) is 0 Å². The number of benzene rings is 1. The van der Waals surface area contributed by atoms with Crippen LogP contribution in [-0.4, -0.2) is 29.9 Å². The third-order valence-corrected chi connectivity index (χ3v) is 3.16. The van der Waals surface area contributed by atoms with Gasteiger partial charge in [-0.3, -0.25) is 4.79 Å². The van der Waals surface area contributed by atoms with E-state index in [0.29, 0.717) is 12.2 Å². The number of urea groups is 1. The van der Waals surface area contributed by atoms with Crippen LogP contribution in [0.15, 0.2) is 43.0 Å². The molecule has 1 heterocycles. The SMILES string of the molecule is C=CC(=O)N1CCC=C(c2ccc(NC(N)=O)cc2)C1. The van der Waals surface area contributed by atoms with Gasteiger partial charge in [0.05, 0.1) is 0 Å². The van der Waals surface area contributed by atoms with E-state index in [1.165, 1.54) is 6.08 Å². The van der Waals surface area contributed by atoms with Gasteiger partial charge in [-0.15, -0.1) is 0 Å². The number of amides is 3. The summed E-state index contributed by atoms with van der Waals surface area (Å²) in [5, 5.41) is 2.51. The molecule has 3 amide bonds. The molecule has 1 aliphatic heterocycles. The molecule has 20 heavy (non-hydrogen) atoms. The van der Waals surface area contributed by atoms with Crippen LogP contribution < -0.4 is 11.1 Å². The second-order valence-electron chi connectivity index (χ2n) is 4.55. The molecular formula is C15H17N3O2. The predicted molar refractivity (Wildman–Crippen MR) is 79.0 cm³/mol. The quantitative estimate of drug-likeness (QED) is 0.825. The van der Waals surface area contributed by atoms with Crippen molar-refractivity contribution in [3.8, 4) is 0 Å². The standard InChI is InChI=1S/C15H17N3O2/c1-2-14(19)18-9-3-4-12(10-18)11-5-7-13(8-6-11)17-15(16)20/h2,4-8H,1,3,9-10H2,(H3,16,17,20). The molecule has 3 N–H and O–H groups in total. The number of rotatable bonds is 3. The van der Waals surface area contributed by atoms with E-state index in [1.54, 1.807) is 17.0 Å². The molecule has 104 valence electrons. The molecule has 0 aliphatic carbocycles. The Bertz CT molecular complexity index is 561. The van der Waals surface area contributed by atoms with Crippen molar-refractivity contribution in [1.82, 2.24) is 4.90 Å². The van der Waals surface area contributed by atoms with E-state index in [-0.39, 0.29) is 5.91 Å². The Labute approximate surface area is 117 Å². The molecule has 0 saturated heterocycles. The summed E-state index contributed by atoms with van der Waals surface area (Å²) in [6, 6.07) is 6.79. The molecule has 1 aliphatic rings. The zero-order valence-corrected chi connectivity index (χ0v) is 11.1. The van der Waals surface area contributed by atoms with E-state index in [4.69, 9.17) is 5.73 Å². The van der Waals surface area contributed by atoms with Crippen LogP contribution in [0.25, 0.3) is 5.57 Å². The van der Waals surface area contributed by atoms with Crippen LogP contribution in [0.5, 0.6) is 0 Å². The van der Waals surface area contributed by atoms with E-state index in [9.17, 15) is 9.59 Å². The first-order chi connectivity index (χ1) is 9.60. The summed E-state index contributed by atoms with van der Waals surface area (Å²) in [5.41, 5.74) is 7.83. The Morgan fingerprint density at radius 2 is 2.00 bits per heavy atom. The fourth-order valence-electron chi connectivity index (χ4n) is 2.18. The second kappa shape index (κ2) is 6.06. The highest BCUT2D eigenvalue weighted by molar-refractivity contribution is 5.89. The number of hydrogen-bond donors (Lipinski definition) is 2. The summed E-state index contributed by atoms with van der Waals surface area (Å²) in [5.74, 6) is -0.0531. The van der Waals surface area contributed by atoms with Gasteiger partial charge in [0.15, 0.2) is 0 Å². The molecule has 0 saturated carbocycles. The van der Waals surface area contributed by atoms with E-state index in [1.807, 2.05) is 12.1 Å². The lowest BCUT2D eigenvalue weighted by Gasteiger charge is -2.26.